The molecule has 3 rings (SSSR count). The average Bonchev–Trinajstić information content (AvgIpc) is 2.84. The zero-order chi connectivity index (χ0) is 25.3. The van der Waals surface area contributed by atoms with Crippen LogP contribution in [0.1, 0.15) is 48.0 Å². The predicted molar refractivity (Wildman–Crippen MR) is 136 cm³/mol. The van der Waals surface area contributed by atoms with Crippen molar-refractivity contribution in [3.05, 3.63) is 53.6 Å². The zero-order valence-electron chi connectivity index (χ0n) is 19.4. The number of nitrogens with zero attached hydrogens (tertiary/aromatic N) is 1. The van der Waals surface area contributed by atoms with Crippen molar-refractivity contribution in [2.24, 2.45) is 4.99 Å². The number of methoxy groups -OCH3 is 1. The summed E-state index contributed by atoms with van der Waals surface area (Å²) in [5.41, 5.74) is 1.63. The second kappa shape index (κ2) is 12.4. The Morgan fingerprint density at radius 2 is 1.83 bits per heavy atom. The van der Waals surface area contributed by atoms with Gasteiger partial charge in [-0.2, -0.15) is 4.99 Å². The highest BCUT2D eigenvalue weighted by Crippen LogP contribution is 2.24. The molecule has 35 heavy (non-hydrogen) atoms. The highest BCUT2D eigenvalue weighted by atomic mass is 32.2. The maximum Gasteiger partial charge on any atom is 0.328 e. The first-order chi connectivity index (χ1) is 16.8. The number of hydrogen-bond donors (Lipinski definition) is 3. The van der Waals surface area contributed by atoms with Gasteiger partial charge in [0.15, 0.2) is 0 Å². The number of rotatable bonds is 9. The molecule has 0 spiro atoms. The number of amides is 3. The van der Waals surface area contributed by atoms with Crippen LogP contribution in [-0.4, -0.2) is 45.2 Å². The van der Waals surface area contributed by atoms with Crippen LogP contribution in [0, 0.1) is 0 Å². The number of nitrogens with one attached hydrogen (secondary N) is 3. The van der Waals surface area contributed by atoms with Crippen molar-refractivity contribution in [2.75, 3.05) is 13.7 Å². The van der Waals surface area contributed by atoms with Crippen LogP contribution in [-0.2, 0) is 16.4 Å². The highest BCUT2D eigenvalue weighted by molar-refractivity contribution is 7.90. The Morgan fingerprint density at radius 1 is 1.11 bits per heavy atom. The first-order valence-electron chi connectivity index (χ1n) is 11.3. The topological polar surface area (TPSA) is 126 Å². The molecular weight excluding hydrogens is 488 g/mol. The van der Waals surface area contributed by atoms with Crippen LogP contribution in [0.15, 0.2) is 52.4 Å². The molecule has 3 amide bonds. The summed E-state index contributed by atoms with van der Waals surface area (Å²) in [5.74, 6) is 0.0658. The lowest BCUT2D eigenvalue weighted by atomic mass is 9.96. The van der Waals surface area contributed by atoms with Gasteiger partial charge in [0.05, 0.1) is 28.4 Å². The normalized spacial score (nSPS) is 13.9. The molecular formula is C24H28N4O5S2. The van der Waals surface area contributed by atoms with Gasteiger partial charge in [-0.3, -0.25) is 4.79 Å². The van der Waals surface area contributed by atoms with Gasteiger partial charge in [0, 0.05) is 12.6 Å². The van der Waals surface area contributed by atoms with Crippen molar-refractivity contribution in [3.8, 4) is 5.75 Å². The molecule has 1 aliphatic carbocycles. The van der Waals surface area contributed by atoms with E-state index in [2.05, 4.69) is 37.7 Å². The van der Waals surface area contributed by atoms with Crippen molar-refractivity contribution in [1.82, 2.24) is 15.4 Å². The van der Waals surface area contributed by atoms with Gasteiger partial charge in [-0.05, 0) is 67.4 Å². The zero-order valence-corrected chi connectivity index (χ0v) is 21.0. The number of hydrogen-bond acceptors (Lipinski definition) is 7. The molecule has 1 saturated carbocycles. The van der Waals surface area contributed by atoms with E-state index >= 15 is 0 Å². The Balaban J connectivity index is 1.54. The van der Waals surface area contributed by atoms with Crippen molar-refractivity contribution in [2.45, 2.75) is 49.5 Å². The number of sulfonamides is 1. The summed E-state index contributed by atoms with van der Waals surface area (Å²) in [7, 11) is -2.51. The van der Waals surface area contributed by atoms with Crippen molar-refractivity contribution in [1.29, 1.82) is 0 Å². The number of carbonyl (C=O) groups excluding carboxylic acids is 2. The second-order valence-corrected chi connectivity index (χ2v) is 10.0. The standard InChI is InChI=1S/C24H28N4O5S2/c1-33-22-12-9-19(26-16-34)15-21(22)23(29)25-14-13-17-7-10-20(11-8-17)35(31,32)28-24(30)27-18-5-3-2-4-6-18/h7-12,15,18H,2-6,13-14H2,1H3,(H,25,29)(H2,27,28,30). The van der Waals surface area contributed by atoms with Gasteiger partial charge in [-0.25, -0.2) is 17.9 Å². The number of ether oxygens (including phenoxy) is 1. The van der Waals surface area contributed by atoms with Gasteiger partial charge in [0.1, 0.15) is 5.75 Å². The first kappa shape index (κ1) is 26.3. The molecule has 1 aliphatic rings. The fourth-order valence-electron chi connectivity index (χ4n) is 3.89. The van der Waals surface area contributed by atoms with E-state index in [0.29, 0.717) is 30.0 Å². The maximum absolute atomic E-state index is 12.6. The molecule has 0 aliphatic heterocycles. The van der Waals surface area contributed by atoms with E-state index < -0.39 is 16.1 Å². The summed E-state index contributed by atoms with van der Waals surface area (Å²) in [6.45, 7) is 0.316. The van der Waals surface area contributed by atoms with Crippen molar-refractivity contribution < 1.29 is 22.7 Å². The number of benzene rings is 2. The predicted octanol–water partition coefficient (Wildman–Crippen LogP) is 3.72. The molecule has 0 heterocycles. The van der Waals surface area contributed by atoms with Crippen LogP contribution in [0.2, 0.25) is 0 Å². The van der Waals surface area contributed by atoms with Crippen LogP contribution >= 0.6 is 12.2 Å². The van der Waals surface area contributed by atoms with Crippen LogP contribution in [0.5, 0.6) is 5.75 Å². The molecule has 1 fully saturated rings. The van der Waals surface area contributed by atoms with Gasteiger partial charge in [-0.1, -0.05) is 31.4 Å². The van der Waals surface area contributed by atoms with E-state index in [9.17, 15) is 18.0 Å². The van der Waals surface area contributed by atoms with Crippen LogP contribution in [0.4, 0.5) is 10.5 Å². The summed E-state index contributed by atoms with van der Waals surface area (Å²) in [6, 6.07) is 10.3. The fourth-order valence-corrected chi connectivity index (χ4v) is 4.91. The van der Waals surface area contributed by atoms with Crippen LogP contribution < -0.4 is 20.1 Å². The first-order valence-corrected chi connectivity index (χ1v) is 13.2. The summed E-state index contributed by atoms with van der Waals surface area (Å²) in [6.07, 6.45) is 5.39. The van der Waals surface area contributed by atoms with Crippen LogP contribution in [0.3, 0.4) is 0 Å². The second-order valence-electron chi connectivity index (χ2n) is 8.15. The SMILES string of the molecule is COc1ccc(N=C=S)cc1C(=O)NCCc1ccc(S(=O)(=O)NC(=O)NC2CCCCC2)cc1. The van der Waals surface area contributed by atoms with Gasteiger partial charge in [0.25, 0.3) is 15.9 Å². The average molecular weight is 517 g/mol. The fraction of sp³-hybridized carbons (Fsp3) is 0.375. The van der Waals surface area contributed by atoms with Gasteiger partial charge in [0.2, 0.25) is 0 Å². The summed E-state index contributed by atoms with van der Waals surface area (Å²) in [4.78, 5) is 28.6. The van der Waals surface area contributed by atoms with E-state index in [1.165, 1.54) is 19.2 Å². The number of aliphatic imine (C=N–C) groups is 1. The Labute approximate surface area is 210 Å². The van der Waals surface area contributed by atoms with E-state index in [4.69, 9.17) is 4.74 Å². The Bertz CT molecular complexity index is 1200. The third kappa shape index (κ3) is 7.61. The summed E-state index contributed by atoms with van der Waals surface area (Å²) < 4.78 is 32.4. The van der Waals surface area contributed by atoms with Crippen LogP contribution in [0.25, 0.3) is 0 Å². The molecule has 0 unspecified atom stereocenters. The molecule has 0 aromatic heterocycles. The molecule has 0 bridgehead atoms. The third-order valence-corrected chi connectivity index (χ3v) is 7.14. The molecule has 0 radical (unpaired) electrons. The summed E-state index contributed by atoms with van der Waals surface area (Å²) in [5, 5.41) is 7.81. The Kier molecular flexibility index (Phi) is 9.36. The number of urea groups is 1. The minimum atomic E-state index is -3.98. The summed E-state index contributed by atoms with van der Waals surface area (Å²) >= 11 is 4.60. The van der Waals surface area contributed by atoms with Crippen molar-refractivity contribution >= 4 is 45.0 Å². The van der Waals surface area contributed by atoms with Gasteiger partial charge >= 0.3 is 6.03 Å². The quantitative estimate of drug-likeness (QED) is 0.344. The Morgan fingerprint density at radius 3 is 2.49 bits per heavy atom. The lowest BCUT2D eigenvalue weighted by Crippen LogP contribution is -2.45. The van der Waals surface area contributed by atoms with E-state index in [-0.39, 0.29) is 16.8 Å². The number of carbonyl (C=O) groups is 2. The molecule has 186 valence electrons. The minimum absolute atomic E-state index is 0.00620. The number of thiocarbonyl (C=S) groups is 1. The molecule has 9 nitrogen and oxygen atoms in total. The van der Waals surface area contributed by atoms with E-state index in [1.807, 2.05) is 0 Å². The lowest BCUT2D eigenvalue weighted by Gasteiger charge is -2.22. The number of isothiocyanates is 1. The third-order valence-electron chi connectivity index (χ3n) is 5.70. The minimum Gasteiger partial charge on any atom is -0.496 e. The highest BCUT2D eigenvalue weighted by Gasteiger charge is 2.21. The van der Waals surface area contributed by atoms with E-state index in [0.717, 1.165) is 37.7 Å². The molecule has 2 aromatic carbocycles. The maximum atomic E-state index is 12.6. The smallest absolute Gasteiger partial charge is 0.328 e. The molecule has 11 heteroatoms. The van der Waals surface area contributed by atoms with Crippen molar-refractivity contribution in [3.63, 3.8) is 0 Å². The van der Waals surface area contributed by atoms with Gasteiger partial charge in [-0.15, -0.1) is 0 Å². The van der Waals surface area contributed by atoms with E-state index in [1.54, 1.807) is 30.3 Å². The Hall–Kier alpha value is -3.27. The largest absolute Gasteiger partial charge is 0.496 e. The molecule has 0 atom stereocenters. The molecule has 0 saturated heterocycles. The monoisotopic (exact) mass is 516 g/mol. The molecule has 3 N–H and O–H groups in total. The molecule has 2 aromatic rings. The lowest BCUT2D eigenvalue weighted by molar-refractivity contribution is 0.0951. The van der Waals surface area contributed by atoms with Gasteiger partial charge < -0.3 is 15.4 Å².